The zero-order chi connectivity index (χ0) is 15.8. The molecule has 0 bridgehead atoms. The maximum Gasteiger partial charge on any atom is 0.339 e. The lowest BCUT2D eigenvalue weighted by Crippen LogP contribution is -2.44. The number of aromatic carboxylic acids is 1. The van der Waals surface area contributed by atoms with Crippen LogP contribution in [0.25, 0.3) is 11.0 Å². The normalized spacial score (nSPS) is 12.0. The van der Waals surface area contributed by atoms with Gasteiger partial charge < -0.3 is 15.3 Å². The third kappa shape index (κ3) is 2.44. The van der Waals surface area contributed by atoms with Crippen LogP contribution in [0.5, 0.6) is 0 Å². The van der Waals surface area contributed by atoms with Crippen molar-refractivity contribution >= 4 is 47.7 Å². The Balaban J connectivity index is 2.79. The topological polar surface area (TPSA) is 76.5 Å². The standard InChI is InChI=1S/C15H20ClNO3Si/c1-4-21(5-2,6-3)12-8-9-13(17)11(16)7-10(15(18)19)14(9)20-12/h7-8H,4-6,17H2,1-3H3,(H,18,19). The highest BCUT2D eigenvalue weighted by Gasteiger charge is 2.34. The molecule has 0 amide bonds. The van der Waals surface area contributed by atoms with E-state index in [4.69, 9.17) is 21.8 Å². The van der Waals surface area contributed by atoms with E-state index in [2.05, 4.69) is 20.8 Å². The first-order chi connectivity index (χ1) is 9.90. The fourth-order valence-electron chi connectivity index (χ4n) is 2.88. The number of nitrogens with two attached hydrogens (primary N) is 1. The number of anilines is 1. The maximum absolute atomic E-state index is 11.4. The van der Waals surface area contributed by atoms with E-state index in [1.807, 2.05) is 6.07 Å². The predicted molar refractivity (Wildman–Crippen MR) is 89.4 cm³/mol. The van der Waals surface area contributed by atoms with E-state index >= 15 is 0 Å². The van der Waals surface area contributed by atoms with Crippen LogP contribution in [0, 0.1) is 0 Å². The lowest BCUT2D eigenvalue weighted by atomic mass is 10.1. The number of halogens is 1. The highest BCUT2D eigenvalue weighted by atomic mass is 35.5. The van der Waals surface area contributed by atoms with E-state index in [-0.39, 0.29) is 10.6 Å². The minimum atomic E-state index is -1.73. The summed E-state index contributed by atoms with van der Waals surface area (Å²) in [5.41, 5.74) is 6.80. The first kappa shape index (κ1) is 15.9. The van der Waals surface area contributed by atoms with Gasteiger partial charge >= 0.3 is 5.97 Å². The summed E-state index contributed by atoms with van der Waals surface area (Å²) in [4.78, 5) is 11.4. The summed E-state index contributed by atoms with van der Waals surface area (Å²) in [6.07, 6.45) is 0. The number of nitrogen functional groups attached to an aromatic ring is 1. The summed E-state index contributed by atoms with van der Waals surface area (Å²) >= 11 is 6.04. The van der Waals surface area contributed by atoms with Crippen molar-refractivity contribution in [3.8, 4) is 0 Å². The van der Waals surface area contributed by atoms with Crippen molar-refractivity contribution in [2.24, 2.45) is 0 Å². The molecular formula is C15H20ClNO3Si. The number of furan rings is 1. The quantitative estimate of drug-likeness (QED) is 0.641. The third-order valence-electron chi connectivity index (χ3n) is 4.58. The lowest BCUT2D eigenvalue weighted by molar-refractivity contribution is 0.0698. The Morgan fingerprint density at radius 2 is 1.86 bits per heavy atom. The van der Waals surface area contributed by atoms with Gasteiger partial charge in [0, 0.05) is 5.39 Å². The van der Waals surface area contributed by atoms with Crippen molar-refractivity contribution in [1.82, 2.24) is 0 Å². The largest absolute Gasteiger partial charge is 0.478 e. The van der Waals surface area contributed by atoms with E-state index in [1.54, 1.807) is 0 Å². The number of carboxylic acid groups (broad SMARTS) is 1. The number of carboxylic acids is 1. The number of fused-ring (bicyclic) bond motifs is 1. The summed E-state index contributed by atoms with van der Waals surface area (Å²) < 4.78 is 5.98. The van der Waals surface area contributed by atoms with Crippen LogP contribution >= 0.6 is 11.6 Å². The molecule has 2 aromatic rings. The number of carbonyl (C=O) groups is 1. The Bertz CT molecular complexity index is 684. The molecule has 0 unspecified atom stereocenters. The van der Waals surface area contributed by atoms with Gasteiger partial charge in [0.2, 0.25) is 0 Å². The molecule has 0 saturated heterocycles. The Morgan fingerprint density at radius 1 is 1.29 bits per heavy atom. The summed E-state index contributed by atoms with van der Waals surface area (Å²) in [7, 11) is -1.73. The smallest absolute Gasteiger partial charge is 0.339 e. The van der Waals surface area contributed by atoms with Gasteiger partial charge in [0.15, 0.2) is 0 Å². The van der Waals surface area contributed by atoms with Crippen LogP contribution in [0.1, 0.15) is 31.1 Å². The van der Waals surface area contributed by atoms with E-state index < -0.39 is 14.0 Å². The van der Waals surface area contributed by atoms with Gasteiger partial charge in [-0.15, -0.1) is 0 Å². The summed E-state index contributed by atoms with van der Waals surface area (Å²) in [6, 6.07) is 6.43. The first-order valence-corrected chi connectivity index (χ1v) is 10.1. The van der Waals surface area contributed by atoms with Gasteiger partial charge in [0.25, 0.3) is 0 Å². The number of hydrogen-bond acceptors (Lipinski definition) is 3. The molecule has 1 aromatic carbocycles. The Labute approximate surface area is 129 Å². The molecule has 4 nitrogen and oxygen atoms in total. The molecule has 0 fully saturated rings. The van der Waals surface area contributed by atoms with Gasteiger partial charge in [-0.25, -0.2) is 4.79 Å². The fourth-order valence-corrected chi connectivity index (χ4v) is 6.41. The van der Waals surface area contributed by atoms with Gasteiger partial charge in [-0.05, 0) is 12.1 Å². The van der Waals surface area contributed by atoms with Crippen LogP contribution in [0.4, 0.5) is 5.69 Å². The zero-order valence-electron chi connectivity index (χ0n) is 12.5. The predicted octanol–water partition coefficient (Wildman–Crippen LogP) is 4.08. The monoisotopic (exact) mass is 325 g/mol. The molecule has 6 heteroatoms. The van der Waals surface area contributed by atoms with Crippen molar-refractivity contribution in [3.05, 3.63) is 22.7 Å². The molecule has 0 aliphatic rings. The molecule has 0 saturated carbocycles. The van der Waals surface area contributed by atoms with Crippen molar-refractivity contribution < 1.29 is 14.3 Å². The summed E-state index contributed by atoms with van der Waals surface area (Å²) in [5.74, 6) is -1.06. The Morgan fingerprint density at radius 3 is 2.33 bits per heavy atom. The third-order valence-corrected chi connectivity index (χ3v) is 10.2. The minimum Gasteiger partial charge on any atom is -0.478 e. The molecule has 0 aliphatic heterocycles. The van der Waals surface area contributed by atoms with Crippen molar-refractivity contribution in [3.63, 3.8) is 0 Å². The number of hydrogen-bond donors (Lipinski definition) is 2. The average molecular weight is 326 g/mol. The van der Waals surface area contributed by atoms with Crippen molar-refractivity contribution in [2.45, 2.75) is 38.9 Å². The van der Waals surface area contributed by atoms with E-state index in [1.165, 1.54) is 6.07 Å². The molecule has 1 aromatic heterocycles. The molecule has 2 rings (SSSR count). The first-order valence-electron chi connectivity index (χ1n) is 7.15. The highest BCUT2D eigenvalue weighted by molar-refractivity contribution is 6.91. The average Bonchev–Trinajstić information content (AvgIpc) is 2.91. The second-order valence-corrected chi connectivity index (χ2v) is 10.9. The zero-order valence-corrected chi connectivity index (χ0v) is 14.3. The highest BCUT2D eigenvalue weighted by Crippen LogP contribution is 2.34. The second kappa shape index (κ2) is 5.73. The van der Waals surface area contributed by atoms with Crippen LogP contribution in [0.3, 0.4) is 0 Å². The summed E-state index contributed by atoms with van der Waals surface area (Å²) in [6.45, 7) is 6.50. The molecular weight excluding hydrogens is 306 g/mol. The van der Waals surface area contributed by atoms with Gasteiger partial charge in [0.1, 0.15) is 19.2 Å². The van der Waals surface area contributed by atoms with E-state index in [9.17, 15) is 9.90 Å². The molecule has 21 heavy (non-hydrogen) atoms. The van der Waals surface area contributed by atoms with Gasteiger partial charge in [-0.2, -0.15) is 0 Å². The number of rotatable bonds is 5. The maximum atomic E-state index is 11.4. The SMILES string of the molecule is CC[Si](CC)(CC)c1cc2c(N)c(Cl)cc(C(=O)O)c2o1. The Hall–Kier alpha value is -1.46. The summed E-state index contributed by atoms with van der Waals surface area (Å²) in [5, 5.41) is 11.1. The second-order valence-electron chi connectivity index (χ2n) is 5.32. The Kier molecular flexibility index (Phi) is 4.34. The molecule has 114 valence electrons. The van der Waals surface area contributed by atoms with Crippen molar-refractivity contribution in [1.29, 1.82) is 0 Å². The molecule has 0 radical (unpaired) electrons. The van der Waals surface area contributed by atoms with Crippen LogP contribution in [0.15, 0.2) is 16.5 Å². The molecule has 0 aliphatic carbocycles. The number of benzene rings is 1. The molecule has 0 atom stereocenters. The van der Waals surface area contributed by atoms with E-state index in [0.717, 1.165) is 23.5 Å². The molecule has 3 N–H and O–H groups in total. The van der Waals surface area contributed by atoms with Crippen LogP contribution < -0.4 is 11.1 Å². The minimum absolute atomic E-state index is 0.0710. The molecule has 1 heterocycles. The van der Waals surface area contributed by atoms with Crippen molar-refractivity contribution in [2.75, 3.05) is 5.73 Å². The fraction of sp³-hybridized carbons (Fsp3) is 0.400. The lowest BCUT2D eigenvalue weighted by Gasteiger charge is -2.24. The van der Waals surface area contributed by atoms with Gasteiger partial charge in [0.05, 0.1) is 16.1 Å². The van der Waals surface area contributed by atoms with Gasteiger partial charge in [-0.1, -0.05) is 50.5 Å². The van der Waals surface area contributed by atoms with Crippen LogP contribution in [-0.4, -0.2) is 19.1 Å². The van der Waals surface area contributed by atoms with E-state index in [0.29, 0.717) is 16.7 Å². The van der Waals surface area contributed by atoms with Crippen LogP contribution in [-0.2, 0) is 0 Å². The molecule has 0 spiro atoms. The van der Waals surface area contributed by atoms with Crippen LogP contribution in [0.2, 0.25) is 23.2 Å². The van der Waals surface area contributed by atoms with Gasteiger partial charge in [-0.3, -0.25) is 0 Å².